The molecule has 0 amide bonds. The zero-order valence-electron chi connectivity index (χ0n) is 12.6. The van der Waals surface area contributed by atoms with E-state index in [4.69, 9.17) is 0 Å². The first-order valence-electron chi connectivity index (χ1n) is 7.70. The lowest BCUT2D eigenvalue weighted by Gasteiger charge is -2.14. The summed E-state index contributed by atoms with van der Waals surface area (Å²) in [7, 11) is 0. The van der Waals surface area contributed by atoms with Crippen molar-refractivity contribution in [3.8, 4) is 28.0 Å². The predicted octanol–water partition coefficient (Wildman–Crippen LogP) is 5.88. The summed E-state index contributed by atoms with van der Waals surface area (Å²) in [6.45, 7) is 0. The third-order valence-electron chi connectivity index (χ3n) is 4.19. The van der Waals surface area contributed by atoms with Crippen molar-refractivity contribution in [3.05, 3.63) is 91.0 Å². The van der Waals surface area contributed by atoms with Gasteiger partial charge in [0.05, 0.1) is 0 Å². The van der Waals surface area contributed by atoms with Gasteiger partial charge in [-0.1, -0.05) is 84.9 Å². The average molecular weight is 296 g/mol. The first-order chi connectivity index (χ1) is 11.3. The summed E-state index contributed by atoms with van der Waals surface area (Å²) in [4.78, 5) is 0. The number of phenolic OH excluding ortho intramolecular Hbond substituents is 1. The van der Waals surface area contributed by atoms with Gasteiger partial charge in [-0.25, -0.2) is 0 Å². The van der Waals surface area contributed by atoms with Crippen LogP contribution in [0.25, 0.3) is 33.0 Å². The fourth-order valence-electron chi connectivity index (χ4n) is 3.12. The van der Waals surface area contributed by atoms with Crippen molar-refractivity contribution in [1.82, 2.24) is 0 Å². The zero-order valence-corrected chi connectivity index (χ0v) is 12.6. The van der Waals surface area contributed by atoms with E-state index in [2.05, 4.69) is 42.5 Å². The summed E-state index contributed by atoms with van der Waals surface area (Å²) in [5, 5.41) is 12.9. The van der Waals surface area contributed by atoms with Crippen molar-refractivity contribution in [2.45, 2.75) is 0 Å². The summed E-state index contributed by atoms with van der Waals surface area (Å²) < 4.78 is 0. The van der Waals surface area contributed by atoms with Crippen LogP contribution in [-0.2, 0) is 0 Å². The van der Waals surface area contributed by atoms with Crippen LogP contribution in [0.2, 0.25) is 0 Å². The highest BCUT2D eigenvalue weighted by Crippen LogP contribution is 2.41. The van der Waals surface area contributed by atoms with E-state index in [1.165, 1.54) is 5.39 Å². The Morgan fingerprint density at radius 3 is 2.04 bits per heavy atom. The van der Waals surface area contributed by atoms with E-state index < -0.39 is 0 Å². The summed E-state index contributed by atoms with van der Waals surface area (Å²) in [5.41, 5.74) is 4.09. The number of fused-ring (bicyclic) bond motifs is 1. The molecule has 0 spiro atoms. The van der Waals surface area contributed by atoms with Crippen LogP contribution in [0.3, 0.4) is 0 Å². The van der Waals surface area contributed by atoms with Gasteiger partial charge in [0.2, 0.25) is 0 Å². The molecule has 4 aromatic rings. The molecule has 1 nitrogen and oxygen atoms in total. The van der Waals surface area contributed by atoms with Gasteiger partial charge in [0.25, 0.3) is 0 Å². The quantitative estimate of drug-likeness (QED) is 0.490. The predicted molar refractivity (Wildman–Crippen MR) is 96.5 cm³/mol. The molecule has 0 aliphatic carbocycles. The van der Waals surface area contributed by atoms with Gasteiger partial charge < -0.3 is 5.11 Å². The number of phenols is 1. The lowest BCUT2D eigenvalue weighted by Crippen LogP contribution is -1.87. The largest absolute Gasteiger partial charge is 0.507 e. The van der Waals surface area contributed by atoms with Crippen molar-refractivity contribution < 1.29 is 5.11 Å². The topological polar surface area (TPSA) is 20.2 Å². The Labute approximate surface area is 135 Å². The maximum atomic E-state index is 10.6. The Kier molecular flexibility index (Phi) is 3.32. The SMILES string of the molecule is Oc1cccc(-c2ccccc2)c1-c1cccc2ccccc12. The van der Waals surface area contributed by atoms with Crippen LogP contribution in [0.4, 0.5) is 0 Å². The molecule has 0 heterocycles. The first kappa shape index (κ1) is 13.6. The van der Waals surface area contributed by atoms with Crippen molar-refractivity contribution >= 4 is 10.8 Å². The van der Waals surface area contributed by atoms with E-state index in [0.717, 1.165) is 27.6 Å². The van der Waals surface area contributed by atoms with Crippen molar-refractivity contribution in [2.75, 3.05) is 0 Å². The molecule has 4 rings (SSSR count). The lowest BCUT2D eigenvalue weighted by molar-refractivity contribution is 0.477. The van der Waals surface area contributed by atoms with Crippen LogP contribution in [0.1, 0.15) is 0 Å². The second kappa shape index (κ2) is 5.62. The maximum Gasteiger partial charge on any atom is 0.124 e. The Balaban J connectivity index is 2.06. The Bertz CT molecular complexity index is 966. The minimum Gasteiger partial charge on any atom is -0.507 e. The van der Waals surface area contributed by atoms with Gasteiger partial charge >= 0.3 is 0 Å². The highest BCUT2D eigenvalue weighted by atomic mass is 16.3. The molecule has 0 aromatic heterocycles. The van der Waals surface area contributed by atoms with Gasteiger partial charge in [-0.3, -0.25) is 0 Å². The molecule has 0 fully saturated rings. The highest BCUT2D eigenvalue weighted by Gasteiger charge is 2.14. The third-order valence-corrected chi connectivity index (χ3v) is 4.19. The Hall–Kier alpha value is -3.06. The Morgan fingerprint density at radius 2 is 1.17 bits per heavy atom. The molecule has 1 heteroatoms. The molecule has 110 valence electrons. The average Bonchev–Trinajstić information content (AvgIpc) is 2.62. The van der Waals surface area contributed by atoms with Crippen molar-refractivity contribution in [1.29, 1.82) is 0 Å². The van der Waals surface area contributed by atoms with E-state index in [1.54, 1.807) is 6.07 Å². The van der Waals surface area contributed by atoms with E-state index >= 15 is 0 Å². The molecule has 0 bridgehead atoms. The fourth-order valence-corrected chi connectivity index (χ4v) is 3.12. The third kappa shape index (κ3) is 2.36. The van der Waals surface area contributed by atoms with E-state index in [-0.39, 0.29) is 0 Å². The molecule has 0 aliphatic heterocycles. The van der Waals surface area contributed by atoms with E-state index in [1.807, 2.05) is 42.5 Å². The van der Waals surface area contributed by atoms with Crippen LogP contribution in [-0.4, -0.2) is 5.11 Å². The summed E-state index contributed by atoms with van der Waals surface area (Å²) in [6.07, 6.45) is 0. The van der Waals surface area contributed by atoms with E-state index in [9.17, 15) is 5.11 Å². The molecule has 1 N–H and O–H groups in total. The van der Waals surface area contributed by atoms with Crippen LogP contribution in [0, 0.1) is 0 Å². The smallest absolute Gasteiger partial charge is 0.124 e. The molecular formula is C22H16O. The minimum absolute atomic E-state index is 0.308. The monoisotopic (exact) mass is 296 g/mol. The van der Waals surface area contributed by atoms with Crippen molar-refractivity contribution in [2.24, 2.45) is 0 Å². The minimum atomic E-state index is 0.308. The zero-order chi connectivity index (χ0) is 15.6. The number of aromatic hydroxyl groups is 1. The second-order valence-electron chi connectivity index (χ2n) is 5.59. The molecular weight excluding hydrogens is 280 g/mol. The van der Waals surface area contributed by atoms with E-state index in [0.29, 0.717) is 5.75 Å². The second-order valence-corrected chi connectivity index (χ2v) is 5.59. The summed E-state index contributed by atoms with van der Waals surface area (Å²) >= 11 is 0. The molecule has 0 radical (unpaired) electrons. The molecule has 0 atom stereocenters. The van der Waals surface area contributed by atoms with Gasteiger partial charge in [0.15, 0.2) is 0 Å². The lowest BCUT2D eigenvalue weighted by atomic mass is 9.91. The number of hydrogen-bond acceptors (Lipinski definition) is 1. The molecule has 0 aliphatic rings. The summed E-state index contributed by atoms with van der Waals surface area (Å²) in [6, 6.07) is 30.4. The number of benzene rings is 4. The Morgan fingerprint density at radius 1 is 0.522 bits per heavy atom. The molecule has 0 unspecified atom stereocenters. The fraction of sp³-hybridized carbons (Fsp3) is 0. The van der Waals surface area contributed by atoms with Crippen LogP contribution < -0.4 is 0 Å². The summed E-state index contributed by atoms with van der Waals surface area (Å²) in [5.74, 6) is 0.308. The van der Waals surface area contributed by atoms with Gasteiger partial charge in [-0.2, -0.15) is 0 Å². The first-order valence-corrected chi connectivity index (χ1v) is 7.70. The van der Waals surface area contributed by atoms with Crippen LogP contribution in [0.15, 0.2) is 91.0 Å². The van der Waals surface area contributed by atoms with Crippen molar-refractivity contribution in [3.63, 3.8) is 0 Å². The van der Waals surface area contributed by atoms with Crippen LogP contribution >= 0.6 is 0 Å². The maximum absolute atomic E-state index is 10.6. The highest BCUT2D eigenvalue weighted by molar-refractivity contribution is 6.02. The molecule has 0 saturated heterocycles. The van der Waals surface area contributed by atoms with Gasteiger partial charge in [-0.05, 0) is 33.5 Å². The van der Waals surface area contributed by atoms with Crippen LogP contribution in [0.5, 0.6) is 5.75 Å². The van der Waals surface area contributed by atoms with Gasteiger partial charge in [0.1, 0.15) is 5.75 Å². The molecule has 4 aromatic carbocycles. The normalized spacial score (nSPS) is 10.8. The molecule has 23 heavy (non-hydrogen) atoms. The number of rotatable bonds is 2. The van der Waals surface area contributed by atoms with Gasteiger partial charge in [-0.15, -0.1) is 0 Å². The molecule has 0 saturated carbocycles. The number of hydrogen-bond donors (Lipinski definition) is 1. The standard InChI is InChI=1S/C22H16O/c23-21-15-7-13-19(17-8-2-1-3-9-17)22(21)20-14-6-11-16-10-4-5-12-18(16)20/h1-15,23H. The van der Waals surface area contributed by atoms with Gasteiger partial charge in [0, 0.05) is 5.56 Å².